The second-order valence-electron chi connectivity index (χ2n) is 2.75. The van der Waals surface area contributed by atoms with Crippen LogP contribution in [-0.2, 0) is 0 Å². The van der Waals surface area contributed by atoms with Crippen LogP contribution in [0.4, 0.5) is 21.7 Å². The van der Waals surface area contributed by atoms with E-state index in [0.29, 0.717) is 0 Å². The van der Waals surface area contributed by atoms with Gasteiger partial charge in [0.05, 0.1) is 0 Å². The lowest BCUT2D eigenvalue weighted by molar-refractivity contribution is 0.409. The van der Waals surface area contributed by atoms with Gasteiger partial charge < -0.3 is 0 Å². The Kier molecular flexibility index (Phi) is 3.32. The lowest BCUT2D eigenvalue weighted by Crippen LogP contribution is -2.38. The Labute approximate surface area is 92.2 Å². The van der Waals surface area contributed by atoms with Crippen molar-refractivity contribution in [3.63, 3.8) is 0 Å². The highest BCUT2D eigenvalue weighted by Crippen LogP contribution is 2.24. The Morgan fingerprint density at radius 2 is 1.27 bits per heavy atom. The van der Waals surface area contributed by atoms with E-state index in [2.05, 4.69) is 0 Å². The van der Waals surface area contributed by atoms with E-state index in [1.807, 2.05) is 0 Å². The predicted octanol–water partition coefficient (Wildman–Crippen LogP) is 3.14. The van der Waals surface area contributed by atoms with Crippen molar-refractivity contribution in [2.75, 3.05) is 0 Å². The summed E-state index contributed by atoms with van der Waals surface area (Å²) in [7, 11) is -4.79. The molecule has 1 aromatic rings. The molecule has 0 fully saturated rings. The molecule has 0 N–H and O–H groups in total. The number of benzene rings is 1. The van der Waals surface area contributed by atoms with Crippen molar-refractivity contribution in [2.45, 2.75) is 6.92 Å². The molecule has 1 aromatic carbocycles. The van der Waals surface area contributed by atoms with Gasteiger partial charge in [0.25, 0.3) is 0 Å². The van der Waals surface area contributed by atoms with Crippen molar-refractivity contribution in [3.8, 4) is 0 Å². The molecule has 0 aliphatic rings. The third-order valence-electron chi connectivity index (χ3n) is 1.79. The highest BCUT2D eigenvalue weighted by Gasteiger charge is 2.40. The molecule has 0 amide bonds. The van der Waals surface area contributed by atoms with Crippen LogP contribution in [0.2, 0.25) is 0 Å². The monoisotopic (exact) mass is 280 g/mol. The van der Waals surface area contributed by atoms with Crippen LogP contribution >= 0.6 is 22.2 Å². The van der Waals surface area contributed by atoms with Gasteiger partial charge in [-0.3, -0.25) is 4.11 Å². The van der Waals surface area contributed by atoms with Crippen LogP contribution in [0.3, 0.4) is 0 Å². The maximum atomic E-state index is 13.1. The Hall–Kier alpha value is -0.333. The predicted molar refractivity (Wildman–Crippen MR) is 49.2 cm³/mol. The van der Waals surface area contributed by atoms with E-state index < -0.39 is 41.0 Å². The average Bonchev–Trinajstić information content (AvgIpc) is 2.09. The molecule has 0 unspecified atom stereocenters. The van der Waals surface area contributed by atoms with Gasteiger partial charge in [-0.15, -0.1) is 22.2 Å². The first-order valence-corrected chi connectivity index (χ1v) is 7.47. The highest BCUT2D eigenvalue weighted by molar-refractivity contribution is 7.47. The topological polar surface area (TPSA) is 0 Å². The summed E-state index contributed by atoms with van der Waals surface area (Å²) in [6.45, 7) is 0.863. The molecule has 0 heterocycles. The van der Waals surface area contributed by atoms with Gasteiger partial charge in [-0.1, -0.05) is 0 Å². The number of halogens is 7. The largest absolute Gasteiger partial charge is 0.468 e. The first kappa shape index (κ1) is 12.7. The fourth-order valence-corrected chi connectivity index (χ4v) is 3.32. The summed E-state index contributed by atoms with van der Waals surface area (Å²) in [5.74, 6) is -7.71. The molecule has 0 bridgehead atoms. The summed E-state index contributed by atoms with van der Waals surface area (Å²) in [6.07, 6.45) is 0. The maximum Gasteiger partial charge on any atom is 0.468 e. The van der Waals surface area contributed by atoms with Gasteiger partial charge in [-0.05, 0) is 12.5 Å². The van der Waals surface area contributed by atoms with Crippen LogP contribution in [-0.4, -0.2) is 7.03 Å². The van der Waals surface area contributed by atoms with Crippen LogP contribution in [0.1, 0.15) is 5.56 Å². The van der Waals surface area contributed by atoms with Crippen molar-refractivity contribution < 1.29 is 21.7 Å². The minimum Gasteiger partial charge on any atom is -0.266 e. The first-order chi connectivity index (χ1) is 6.68. The molecule has 84 valence electrons. The van der Waals surface area contributed by atoms with Gasteiger partial charge >= 0.3 is 7.03 Å². The molecule has 1 rings (SSSR count). The van der Waals surface area contributed by atoms with Crippen LogP contribution in [0, 0.1) is 30.2 Å². The fourth-order valence-electron chi connectivity index (χ4n) is 1.08. The Bertz CT molecular complexity index is 386. The summed E-state index contributed by atoms with van der Waals surface area (Å²) in [5.41, 5.74) is -0.759. The van der Waals surface area contributed by atoms with Crippen molar-refractivity contribution in [1.29, 1.82) is 0 Å². The van der Waals surface area contributed by atoms with E-state index >= 15 is 0 Å². The molecule has 0 nitrogen and oxygen atoms in total. The third-order valence-corrected chi connectivity index (χ3v) is 4.08. The Morgan fingerprint density at radius 3 is 1.67 bits per heavy atom. The zero-order valence-corrected chi connectivity index (χ0v) is 9.66. The Balaban J connectivity index is 3.68. The van der Waals surface area contributed by atoms with Crippen LogP contribution in [0.15, 0.2) is 0 Å². The van der Waals surface area contributed by atoms with Gasteiger partial charge in [0, 0.05) is 5.19 Å². The van der Waals surface area contributed by atoms with Crippen molar-refractivity contribution in [3.05, 3.63) is 28.8 Å². The van der Waals surface area contributed by atoms with E-state index in [-0.39, 0.29) is 0 Å². The summed E-state index contributed by atoms with van der Waals surface area (Å²) in [5, 5.41) is -1.12. The highest BCUT2D eigenvalue weighted by atomic mass is 35.7. The molecular formula is C7H3Cl2F5Si. The minimum absolute atomic E-state index is 0.759. The van der Waals surface area contributed by atoms with E-state index in [9.17, 15) is 21.7 Å². The molecule has 0 saturated carbocycles. The fraction of sp³-hybridized carbons (Fsp3) is 0.143. The zero-order valence-electron chi connectivity index (χ0n) is 7.15. The molecule has 0 radical (unpaired) electrons. The second kappa shape index (κ2) is 3.91. The normalized spacial score (nSPS) is 12.0. The van der Waals surface area contributed by atoms with Crippen LogP contribution < -0.4 is 5.19 Å². The Morgan fingerprint density at radius 1 is 0.867 bits per heavy atom. The van der Waals surface area contributed by atoms with Gasteiger partial charge in [0.15, 0.2) is 23.3 Å². The van der Waals surface area contributed by atoms with Crippen molar-refractivity contribution >= 4 is 34.4 Å². The van der Waals surface area contributed by atoms with Crippen LogP contribution in [0.25, 0.3) is 0 Å². The molecule has 0 saturated heterocycles. The van der Waals surface area contributed by atoms with Crippen molar-refractivity contribution in [2.24, 2.45) is 0 Å². The smallest absolute Gasteiger partial charge is 0.266 e. The zero-order chi connectivity index (χ0) is 12.0. The molecular weight excluding hydrogens is 278 g/mol. The van der Waals surface area contributed by atoms with Crippen LogP contribution in [0.5, 0.6) is 0 Å². The van der Waals surface area contributed by atoms with E-state index in [1.54, 1.807) is 0 Å². The van der Waals surface area contributed by atoms with E-state index in [4.69, 9.17) is 22.2 Å². The summed E-state index contributed by atoms with van der Waals surface area (Å²) >= 11 is 10.0. The molecule has 0 atom stereocenters. The lowest BCUT2D eigenvalue weighted by Gasteiger charge is -2.13. The summed E-state index contributed by atoms with van der Waals surface area (Å²) < 4.78 is 64.4. The standard InChI is InChI=1S/C7H3Cl2F5Si/c1-2-3(10)4(11)5(12)6(13)7(2)15(8,9)14/h1H3. The summed E-state index contributed by atoms with van der Waals surface area (Å²) in [4.78, 5) is 0. The first-order valence-electron chi connectivity index (χ1n) is 3.57. The SMILES string of the molecule is Cc1c(F)c(F)c(F)c(F)c1[Si](F)(Cl)Cl. The molecule has 0 aliphatic heterocycles. The molecule has 8 heteroatoms. The molecule has 0 spiro atoms. The number of rotatable bonds is 1. The lowest BCUT2D eigenvalue weighted by atomic mass is 10.2. The van der Waals surface area contributed by atoms with Gasteiger partial charge in [0.2, 0.25) is 0 Å². The quantitative estimate of drug-likeness (QED) is 0.244. The maximum absolute atomic E-state index is 13.1. The third kappa shape index (κ3) is 2.11. The number of hydrogen-bond donors (Lipinski definition) is 0. The summed E-state index contributed by atoms with van der Waals surface area (Å²) in [6, 6.07) is 0. The van der Waals surface area contributed by atoms with E-state index in [1.165, 1.54) is 0 Å². The number of hydrogen-bond acceptors (Lipinski definition) is 0. The second-order valence-corrected chi connectivity index (χ2v) is 7.95. The average molecular weight is 281 g/mol. The molecule has 0 aromatic heterocycles. The minimum atomic E-state index is -4.79. The van der Waals surface area contributed by atoms with Gasteiger partial charge in [-0.25, -0.2) is 17.6 Å². The molecule has 0 aliphatic carbocycles. The van der Waals surface area contributed by atoms with Crippen molar-refractivity contribution in [1.82, 2.24) is 0 Å². The van der Waals surface area contributed by atoms with Gasteiger partial charge in [0.1, 0.15) is 0 Å². The molecule has 15 heavy (non-hydrogen) atoms. The van der Waals surface area contributed by atoms with E-state index in [0.717, 1.165) is 6.92 Å². The van der Waals surface area contributed by atoms with Gasteiger partial charge in [-0.2, -0.15) is 0 Å².